The van der Waals surface area contributed by atoms with Gasteiger partial charge in [0.05, 0.1) is 0 Å². The molecule has 1 N–H and O–H groups in total. The minimum Gasteiger partial charge on any atom is -0.372 e. The van der Waals surface area contributed by atoms with Gasteiger partial charge in [-0.3, -0.25) is 9.78 Å². The number of benzene rings is 1. The summed E-state index contributed by atoms with van der Waals surface area (Å²) in [5, 5.41) is 7.75. The topological polar surface area (TPSA) is 75.9 Å². The zero-order chi connectivity index (χ0) is 20.2. The highest BCUT2D eigenvalue weighted by Gasteiger charge is 2.33. The summed E-state index contributed by atoms with van der Waals surface area (Å²) in [5.74, 6) is 1.06. The monoisotopic (exact) mass is 390 g/mol. The first kappa shape index (κ1) is 19.1. The van der Waals surface area contributed by atoms with Crippen LogP contribution in [0.5, 0.6) is 0 Å². The minimum absolute atomic E-state index is 0.00650. The summed E-state index contributed by atoms with van der Waals surface area (Å²) >= 11 is 0. The van der Waals surface area contributed by atoms with Gasteiger partial charge in [-0.15, -0.1) is 5.10 Å². The lowest BCUT2D eigenvalue weighted by atomic mass is 10.2. The molecule has 0 atom stereocenters. The fraction of sp³-hybridized carbons (Fsp3) is 0.364. The maximum Gasteiger partial charge on any atom is 0.253 e. The van der Waals surface area contributed by atoms with E-state index in [9.17, 15) is 4.79 Å². The van der Waals surface area contributed by atoms with Gasteiger partial charge in [0.2, 0.25) is 5.95 Å². The molecule has 0 saturated heterocycles. The number of carbonyl (C=O) groups excluding carboxylic acids is 1. The van der Waals surface area contributed by atoms with Crippen LogP contribution in [-0.2, 0) is 6.54 Å². The number of anilines is 2. The van der Waals surface area contributed by atoms with E-state index in [0.29, 0.717) is 18.3 Å². The Labute approximate surface area is 170 Å². The quantitative estimate of drug-likeness (QED) is 0.630. The van der Waals surface area contributed by atoms with Crippen LogP contribution in [-0.4, -0.2) is 38.7 Å². The predicted molar refractivity (Wildman–Crippen MR) is 114 cm³/mol. The van der Waals surface area contributed by atoms with Crippen LogP contribution in [0, 0.1) is 5.92 Å². The molecule has 0 amide bonds. The number of rotatable bonds is 8. The molecule has 7 nitrogen and oxygen atoms in total. The summed E-state index contributed by atoms with van der Waals surface area (Å²) in [5.41, 5.74) is 3.13. The SMILES string of the molecule is CCN(CC)c1ccc(CNc2nc(-c3cccnc3)nn2C(=O)C2CC2)cc1. The van der Waals surface area contributed by atoms with Crippen molar-refractivity contribution in [2.75, 3.05) is 23.3 Å². The average Bonchev–Trinajstić information content (AvgIpc) is 3.53. The summed E-state index contributed by atoms with van der Waals surface area (Å²) in [6, 6.07) is 12.2. The number of pyridine rings is 1. The van der Waals surface area contributed by atoms with Crippen molar-refractivity contribution in [2.24, 2.45) is 5.92 Å². The molecule has 1 aliphatic carbocycles. The van der Waals surface area contributed by atoms with Gasteiger partial charge in [0.1, 0.15) is 0 Å². The van der Waals surface area contributed by atoms with Crippen molar-refractivity contribution in [2.45, 2.75) is 33.2 Å². The van der Waals surface area contributed by atoms with Crippen molar-refractivity contribution in [3.8, 4) is 11.4 Å². The average molecular weight is 390 g/mol. The molecule has 1 aromatic carbocycles. The fourth-order valence-electron chi connectivity index (χ4n) is 3.30. The number of carbonyl (C=O) groups is 1. The summed E-state index contributed by atoms with van der Waals surface area (Å²) in [6.07, 6.45) is 5.26. The van der Waals surface area contributed by atoms with Crippen LogP contribution in [0.3, 0.4) is 0 Å². The molecular formula is C22H26N6O. The van der Waals surface area contributed by atoms with Crippen LogP contribution >= 0.6 is 0 Å². The van der Waals surface area contributed by atoms with E-state index in [1.54, 1.807) is 12.4 Å². The lowest BCUT2D eigenvalue weighted by molar-refractivity contribution is 0.0872. The van der Waals surface area contributed by atoms with Gasteiger partial charge in [-0.25, -0.2) is 0 Å². The second-order valence-corrected chi connectivity index (χ2v) is 7.22. The molecule has 1 aliphatic rings. The van der Waals surface area contributed by atoms with Gasteiger partial charge in [0.15, 0.2) is 5.82 Å². The highest BCUT2D eigenvalue weighted by molar-refractivity contribution is 5.85. The molecule has 3 aromatic rings. The number of nitrogens with one attached hydrogen (secondary N) is 1. The Kier molecular flexibility index (Phi) is 5.55. The van der Waals surface area contributed by atoms with Gasteiger partial charge in [-0.2, -0.15) is 9.67 Å². The van der Waals surface area contributed by atoms with E-state index in [0.717, 1.165) is 37.1 Å². The zero-order valence-electron chi connectivity index (χ0n) is 16.9. The summed E-state index contributed by atoms with van der Waals surface area (Å²) in [7, 11) is 0. The van der Waals surface area contributed by atoms with Crippen molar-refractivity contribution in [1.82, 2.24) is 19.7 Å². The van der Waals surface area contributed by atoms with Gasteiger partial charge < -0.3 is 10.2 Å². The molecule has 150 valence electrons. The molecule has 2 heterocycles. The van der Waals surface area contributed by atoms with E-state index in [4.69, 9.17) is 0 Å². The Bertz CT molecular complexity index is 959. The molecule has 1 fully saturated rings. The molecule has 7 heteroatoms. The van der Waals surface area contributed by atoms with Crippen LogP contribution in [0.1, 0.15) is 37.0 Å². The van der Waals surface area contributed by atoms with Crippen LogP contribution in [0.4, 0.5) is 11.6 Å². The third-order valence-corrected chi connectivity index (χ3v) is 5.18. The Hall–Kier alpha value is -3.22. The number of hydrogen-bond donors (Lipinski definition) is 1. The smallest absolute Gasteiger partial charge is 0.253 e. The van der Waals surface area contributed by atoms with E-state index in [1.807, 2.05) is 12.1 Å². The Morgan fingerprint density at radius 3 is 2.55 bits per heavy atom. The largest absolute Gasteiger partial charge is 0.372 e. The summed E-state index contributed by atoms with van der Waals surface area (Å²) in [4.78, 5) is 23.7. The van der Waals surface area contributed by atoms with Crippen LogP contribution in [0.25, 0.3) is 11.4 Å². The molecule has 0 bridgehead atoms. The van der Waals surface area contributed by atoms with Gasteiger partial charge in [-0.1, -0.05) is 12.1 Å². The van der Waals surface area contributed by atoms with E-state index >= 15 is 0 Å². The highest BCUT2D eigenvalue weighted by Crippen LogP contribution is 2.32. The number of hydrogen-bond acceptors (Lipinski definition) is 6. The van der Waals surface area contributed by atoms with Crippen LogP contribution in [0.2, 0.25) is 0 Å². The minimum atomic E-state index is 0.00650. The molecule has 4 rings (SSSR count). The molecule has 0 radical (unpaired) electrons. The first-order valence-corrected chi connectivity index (χ1v) is 10.2. The predicted octanol–water partition coefficient (Wildman–Crippen LogP) is 3.85. The van der Waals surface area contributed by atoms with E-state index in [1.165, 1.54) is 10.4 Å². The molecule has 0 spiro atoms. The molecular weight excluding hydrogens is 364 g/mol. The second kappa shape index (κ2) is 8.43. The van der Waals surface area contributed by atoms with Crippen LogP contribution < -0.4 is 10.2 Å². The second-order valence-electron chi connectivity index (χ2n) is 7.22. The van der Waals surface area contributed by atoms with Crippen molar-refractivity contribution in [3.63, 3.8) is 0 Å². The number of nitrogens with zero attached hydrogens (tertiary/aromatic N) is 5. The van der Waals surface area contributed by atoms with E-state index in [-0.39, 0.29) is 11.8 Å². The third kappa shape index (κ3) is 4.29. The van der Waals surface area contributed by atoms with E-state index in [2.05, 4.69) is 63.4 Å². The number of aromatic nitrogens is 4. The molecule has 29 heavy (non-hydrogen) atoms. The van der Waals surface area contributed by atoms with Gasteiger partial charge in [-0.05, 0) is 56.5 Å². The maximum absolute atomic E-state index is 12.7. The molecule has 2 aromatic heterocycles. The Morgan fingerprint density at radius 2 is 1.93 bits per heavy atom. The summed E-state index contributed by atoms with van der Waals surface area (Å²) < 4.78 is 1.42. The first-order valence-electron chi connectivity index (χ1n) is 10.2. The van der Waals surface area contributed by atoms with Crippen molar-refractivity contribution in [3.05, 3.63) is 54.4 Å². The third-order valence-electron chi connectivity index (χ3n) is 5.18. The van der Waals surface area contributed by atoms with Crippen molar-refractivity contribution >= 4 is 17.5 Å². The lowest BCUT2D eigenvalue weighted by Crippen LogP contribution is -2.21. The molecule has 0 unspecified atom stereocenters. The molecule has 0 aliphatic heterocycles. The summed E-state index contributed by atoms with van der Waals surface area (Å²) in [6.45, 7) is 6.85. The van der Waals surface area contributed by atoms with Gasteiger partial charge >= 0.3 is 0 Å². The Balaban J connectivity index is 1.53. The molecule has 1 saturated carbocycles. The standard InChI is InChI=1S/C22H26N6O/c1-3-27(4-2)19-11-7-16(8-12-19)14-24-22-25-20(18-6-5-13-23-15-18)26-28(22)21(29)17-9-10-17/h5-8,11-13,15,17H,3-4,9-10,14H2,1-2H3,(H,24,25,26). The van der Waals surface area contributed by atoms with Crippen molar-refractivity contribution in [1.29, 1.82) is 0 Å². The van der Waals surface area contributed by atoms with Crippen LogP contribution in [0.15, 0.2) is 48.8 Å². The van der Waals surface area contributed by atoms with Gasteiger partial charge in [0.25, 0.3) is 5.91 Å². The lowest BCUT2D eigenvalue weighted by Gasteiger charge is -2.21. The normalized spacial score (nSPS) is 13.3. The van der Waals surface area contributed by atoms with Crippen molar-refractivity contribution < 1.29 is 4.79 Å². The first-order chi connectivity index (χ1) is 14.2. The van der Waals surface area contributed by atoms with Gasteiger partial charge in [0, 0.05) is 49.2 Å². The fourth-order valence-corrected chi connectivity index (χ4v) is 3.30. The maximum atomic E-state index is 12.7. The Morgan fingerprint density at radius 1 is 1.17 bits per heavy atom. The zero-order valence-corrected chi connectivity index (χ0v) is 16.9. The highest BCUT2D eigenvalue weighted by atomic mass is 16.2. The van der Waals surface area contributed by atoms with E-state index < -0.39 is 0 Å².